The van der Waals surface area contributed by atoms with Crippen molar-refractivity contribution in [3.8, 4) is 5.75 Å². The zero-order valence-corrected chi connectivity index (χ0v) is 18.0. The van der Waals surface area contributed by atoms with Crippen molar-refractivity contribution < 1.29 is 4.74 Å². The Labute approximate surface area is 171 Å². The molecular formula is C23H29BrN2O. The molecule has 3 rings (SSSR count). The minimum Gasteiger partial charge on any atom is -0.497 e. The third-order valence-electron chi connectivity index (χ3n) is 5.45. The first-order valence-corrected chi connectivity index (χ1v) is 10.3. The number of ether oxygens (including phenoxy) is 1. The maximum atomic E-state index is 5.50. The molecule has 3 unspecified atom stereocenters. The first kappa shape index (κ1) is 20.1. The molecule has 3 nitrogen and oxygen atoms in total. The molecule has 1 heterocycles. The normalized spacial score (nSPS) is 22.4. The van der Waals surface area contributed by atoms with Crippen LogP contribution >= 0.6 is 15.9 Å². The summed E-state index contributed by atoms with van der Waals surface area (Å²) in [5, 5.41) is 0. The maximum Gasteiger partial charge on any atom is 0.119 e. The van der Waals surface area contributed by atoms with Crippen LogP contribution in [0.15, 0.2) is 65.7 Å². The van der Waals surface area contributed by atoms with Gasteiger partial charge in [-0.1, -0.05) is 46.3 Å². The number of methoxy groups -OCH3 is 1. The summed E-state index contributed by atoms with van der Waals surface area (Å²) >= 11 is 3.57. The molecule has 144 valence electrons. The Morgan fingerprint density at radius 3 is 2.52 bits per heavy atom. The molecule has 4 heteroatoms. The summed E-state index contributed by atoms with van der Waals surface area (Å²) in [7, 11) is 1.73. The first-order chi connectivity index (χ1) is 13.0. The molecule has 0 bridgehead atoms. The number of rotatable bonds is 6. The summed E-state index contributed by atoms with van der Waals surface area (Å²) in [5.41, 5.74) is 2.58. The lowest BCUT2D eigenvalue weighted by atomic mass is 9.93. The minimum atomic E-state index is 0.205. The second-order valence-corrected chi connectivity index (χ2v) is 8.28. The van der Waals surface area contributed by atoms with Gasteiger partial charge in [0.1, 0.15) is 5.75 Å². The lowest BCUT2D eigenvalue weighted by molar-refractivity contribution is 0.0306. The van der Waals surface area contributed by atoms with Crippen LogP contribution in [0.2, 0.25) is 0 Å². The van der Waals surface area contributed by atoms with Crippen LogP contribution in [-0.4, -0.2) is 48.6 Å². The lowest BCUT2D eigenvalue weighted by Gasteiger charge is -2.47. The third kappa shape index (κ3) is 4.63. The van der Waals surface area contributed by atoms with Crippen LogP contribution < -0.4 is 4.74 Å². The zero-order chi connectivity index (χ0) is 19.4. The lowest BCUT2D eigenvalue weighted by Crippen LogP contribution is -2.57. The molecule has 3 atom stereocenters. The van der Waals surface area contributed by atoms with Gasteiger partial charge in [0, 0.05) is 36.2 Å². The van der Waals surface area contributed by atoms with Crippen molar-refractivity contribution in [2.24, 2.45) is 0 Å². The second-order valence-electron chi connectivity index (χ2n) is 7.37. The fraction of sp³-hybridized carbons (Fsp3) is 0.391. The largest absolute Gasteiger partial charge is 0.497 e. The van der Waals surface area contributed by atoms with E-state index in [4.69, 9.17) is 4.74 Å². The van der Waals surface area contributed by atoms with Gasteiger partial charge in [-0.2, -0.15) is 0 Å². The van der Waals surface area contributed by atoms with E-state index >= 15 is 0 Å². The van der Waals surface area contributed by atoms with Gasteiger partial charge in [-0.05, 0) is 49.2 Å². The number of hydrogen-bond acceptors (Lipinski definition) is 3. The molecule has 0 radical (unpaired) electrons. The average Bonchev–Trinajstić information content (AvgIpc) is 2.67. The second kappa shape index (κ2) is 9.05. The quantitative estimate of drug-likeness (QED) is 0.593. The van der Waals surface area contributed by atoms with Crippen LogP contribution in [0.1, 0.15) is 31.0 Å². The summed E-state index contributed by atoms with van der Waals surface area (Å²) in [4.78, 5) is 5.14. The van der Waals surface area contributed by atoms with Crippen molar-refractivity contribution in [3.05, 3.63) is 76.8 Å². The smallest absolute Gasteiger partial charge is 0.119 e. The fourth-order valence-corrected chi connectivity index (χ4v) is 4.30. The molecule has 0 N–H and O–H groups in total. The summed E-state index contributed by atoms with van der Waals surface area (Å²) in [6.07, 6.45) is 2.01. The molecule has 0 aliphatic carbocycles. The minimum absolute atomic E-state index is 0.205. The van der Waals surface area contributed by atoms with Gasteiger partial charge in [0.05, 0.1) is 13.2 Å². The van der Waals surface area contributed by atoms with Gasteiger partial charge in [-0.25, -0.2) is 0 Å². The maximum absolute atomic E-state index is 5.50. The molecule has 2 aromatic carbocycles. The Hall–Kier alpha value is -1.62. The van der Waals surface area contributed by atoms with Crippen molar-refractivity contribution in [2.75, 3.05) is 26.7 Å². The molecule has 1 saturated heterocycles. The molecule has 0 aromatic heterocycles. The average molecular weight is 429 g/mol. The van der Waals surface area contributed by atoms with Crippen molar-refractivity contribution in [1.82, 2.24) is 9.80 Å². The van der Waals surface area contributed by atoms with Crippen LogP contribution in [0, 0.1) is 0 Å². The van der Waals surface area contributed by atoms with Crippen LogP contribution in [0.4, 0.5) is 0 Å². The molecule has 27 heavy (non-hydrogen) atoms. The highest BCUT2D eigenvalue weighted by atomic mass is 79.9. The van der Waals surface area contributed by atoms with E-state index in [9.17, 15) is 0 Å². The molecule has 0 amide bonds. The van der Waals surface area contributed by atoms with Crippen molar-refractivity contribution in [2.45, 2.75) is 32.0 Å². The monoisotopic (exact) mass is 428 g/mol. The van der Waals surface area contributed by atoms with Gasteiger partial charge in [0.15, 0.2) is 0 Å². The fourth-order valence-electron chi connectivity index (χ4n) is 4.04. The van der Waals surface area contributed by atoms with E-state index in [-0.39, 0.29) is 6.04 Å². The van der Waals surface area contributed by atoms with Crippen LogP contribution in [0.25, 0.3) is 0 Å². The Bertz CT molecular complexity index is 761. The van der Waals surface area contributed by atoms with Gasteiger partial charge in [-0.15, -0.1) is 6.58 Å². The van der Waals surface area contributed by atoms with E-state index in [0.29, 0.717) is 12.1 Å². The van der Waals surface area contributed by atoms with E-state index in [2.05, 4.69) is 88.6 Å². The van der Waals surface area contributed by atoms with Gasteiger partial charge in [-0.3, -0.25) is 9.80 Å². The Morgan fingerprint density at radius 1 is 1.11 bits per heavy atom. The molecule has 1 fully saturated rings. The van der Waals surface area contributed by atoms with Crippen LogP contribution in [-0.2, 0) is 0 Å². The summed E-state index contributed by atoms with van der Waals surface area (Å²) < 4.78 is 6.60. The van der Waals surface area contributed by atoms with E-state index in [1.807, 2.05) is 12.1 Å². The Kier molecular flexibility index (Phi) is 6.74. The van der Waals surface area contributed by atoms with Gasteiger partial charge in [0.25, 0.3) is 0 Å². The predicted molar refractivity (Wildman–Crippen MR) is 116 cm³/mol. The highest BCUT2D eigenvalue weighted by Crippen LogP contribution is 2.35. The van der Waals surface area contributed by atoms with Crippen molar-refractivity contribution >= 4 is 15.9 Å². The Balaban J connectivity index is 1.99. The summed E-state index contributed by atoms with van der Waals surface area (Å²) in [6.45, 7) is 11.6. The summed E-state index contributed by atoms with van der Waals surface area (Å²) in [5.74, 6) is 0.903. The van der Waals surface area contributed by atoms with Crippen LogP contribution in [0.3, 0.4) is 0 Å². The van der Waals surface area contributed by atoms with Crippen molar-refractivity contribution in [3.63, 3.8) is 0 Å². The standard InChI is InChI=1S/C23H29BrN2O/c1-5-13-25-15-18(3)26(16-17(25)2)23(19-9-11-21(24)12-10-19)20-7-6-8-22(14-20)27-4/h5-12,14,17-18,23H,1,13,15-16H2,2-4H3. The first-order valence-electron chi connectivity index (χ1n) is 9.53. The molecular weight excluding hydrogens is 400 g/mol. The van der Waals surface area contributed by atoms with E-state index in [0.717, 1.165) is 29.9 Å². The number of benzene rings is 2. The van der Waals surface area contributed by atoms with Gasteiger partial charge < -0.3 is 4.74 Å². The Morgan fingerprint density at radius 2 is 1.85 bits per heavy atom. The highest BCUT2D eigenvalue weighted by molar-refractivity contribution is 9.10. The van der Waals surface area contributed by atoms with E-state index < -0.39 is 0 Å². The topological polar surface area (TPSA) is 15.7 Å². The molecule has 0 saturated carbocycles. The van der Waals surface area contributed by atoms with Crippen LogP contribution in [0.5, 0.6) is 5.75 Å². The highest BCUT2D eigenvalue weighted by Gasteiger charge is 2.34. The number of hydrogen-bond donors (Lipinski definition) is 0. The van der Waals surface area contributed by atoms with E-state index in [1.54, 1.807) is 7.11 Å². The molecule has 2 aromatic rings. The third-order valence-corrected chi connectivity index (χ3v) is 5.98. The predicted octanol–water partition coefficient (Wildman–Crippen LogP) is 5.13. The number of nitrogens with zero attached hydrogens (tertiary/aromatic N) is 2. The van der Waals surface area contributed by atoms with E-state index in [1.165, 1.54) is 11.1 Å². The SMILES string of the molecule is C=CCN1CC(C)N(C(c2ccc(Br)cc2)c2cccc(OC)c2)CC1C. The number of halogens is 1. The summed E-state index contributed by atoms with van der Waals surface area (Å²) in [6, 6.07) is 18.3. The van der Waals surface area contributed by atoms with Crippen molar-refractivity contribution in [1.29, 1.82) is 0 Å². The molecule has 1 aliphatic rings. The van der Waals surface area contributed by atoms with Gasteiger partial charge in [0.2, 0.25) is 0 Å². The van der Waals surface area contributed by atoms with Gasteiger partial charge >= 0.3 is 0 Å². The molecule has 0 spiro atoms. The zero-order valence-electron chi connectivity index (χ0n) is 16.4. The molecule has 1 aliphatic heterocycles. The number of piperazine rings is 1.